The Morgan fingerprint density at radius 1 is 1.03 bits per heavy atom. The fraction of sp³-hybridized carbons (Fsp3) is 0.455. The molecule has 162 valence electrons. The first-order valence-electron chi connectivity index (χ1n) is 9.89. The summed E-state index contributed by atoms with van der Waals surface area (Å²) in [5.74, 6) is 1.41. The first-order chi connectivity index (χ1) is 14.3. The third kappa shape index (κ3) is 4.14. The van der Waals surface area contributed by atoms with Crippen molar-refractivity contribution in [1.29, 1.82) is 0 Å². The highest BCUT2D eigenvalue weighted by Gasteiger charge is 2.23. The molecule has 1 amide bonds. The molecule has 3 rings (SSSR count). The van der Waals surface area contributed by atoms with Crippen molar-refractivity contribution >= 4 is 6.09 Å². The number of pyridine rings is 1. The Bertz CT molecular complexity index is 982. The molecule has 2 aromatic rings. The van der Waals surface area contributed by atoms with Crippen LogP contribution < -0.4 is 15.0 Å². The summed E-state index contributed by atoms with van der Waals surface area (Å²) in [5, 5.41) is 9.14. The standard InChI is InChI=1S/C22H29N3O5/c1-14-15(2)21(26)23(3)12-17(14)16-10-19(29-4)18(20(11-16)30-5)13-24-6-8-25(9-7-24)22(27)28/h10-12H,6-9,13H2,1-5H3,(H,27,28). The Morgan fingerprint density at radius 3 is 2.10 bits per heavy atom. The molecule has 30 heavy (non-hydrogen) atoms. The fourth-order valence-corrected chi connectivity index (χ4v) is 3.88. The van der Waals surface area contributed by atoms with Crippen molar-refractivity contribution in [3.63, 3.8) is 0 Å². The van der Waals surface area contributed by atoms with E-state index in [1.807, 2.05) is 32.2 Å². The monoisotopic (exact) mass is 415 g/mol. The molecule has 1 aliphatic heterocycles. The second kappa shape index (κ2) is 8.79. The van der Waals surface area contributed by atoms with E-state index in [0.717, 1.165) is 22.3 Å². The molecular weight excluding hydrogens is 386 g/mol. The van der Waals surface area contributed by atoms with Crippen LogP contribution in [0.5, 0.6) is 11.5 Å². The topological polar surface area (TPSA) is 84.2 Å². The predicted octanol–water partition coefficient (Wildman–Crippen LogP) is 2.48. The highest BCUT2D eigenvalue weighted by Crippen LogP contribution is 2.37. The molecule has 1 aromatic carbocycles. The quantitative estimate of drug-likeness (QED) is 0.808. The number of nitrogens with zero attached hydrogens (tertiary/aromatic N) is 3. The fourth-order valence-electron chi connectivity index (χ4n) is 3.88. The van der Waals surface area contributed by atoms with E-state index < -0.39 is 6.09 Å². The van der Waals surface area contributed by atoms with Crippen LogP contribution in [-0.2, 0) is 13.6 Å². The molecule has 2 heterocycles. The molecule has 0 bridgehead atoms. The highest BCUT2D eigenvalue weighted by molar-refractivity contribution is 5.72. The van der Waals surface area contributed by atoms with Gasteiger partial charge in [-0.2, -0.15) is 0 Å². The number of piperazine rings is 1. The Balaban J connectivity index is 1.96. The van der Waals surface area contributed by atoms with Gasteiger partial charge in [0.15, 0.2) is 0 Å². The molecular formula is C22H29N3O5. The number of rotatable bonds is 5. The van der Waals surface area contributed by atoms with E-state index in [-0.39, 0.29) is 5.56 Å². The Labute approximate surface area is 176 Å². The summed E-state index contributed by atoms with van der Waals surface area (Å²) in [6.45, 7) is 6.65. The van der Waals surface area contributed by atoms with E-state index in [0.29, 0.717) is 49.8 Å². The minimum atomic E-state index is -0.878. The summed E-state index contributed by atoms with van der Waals surface area (Å²) in [7, 11) is 5.00. The lowest BCUT2D eigenvalue weighted by Gasteiger charge is -2.33. The van der Waals surface area contributed by atoms with E-state index in [9.17, 15) is 9.59 Å². The maximum atomic E-state index is 12.2. The number of carboxylic acid groups (broad SMARTS) is 1. The summed E-state index contributed by atoms with van der Waals surface area (Å²) < 4.78 is 13.0. The lowest BCUT2D eigenvalue weighted by molar-refractivity contribution is 0.102. The number of hydrogen-bond donors (Lipinski definition) is 1. The van der Waals surface area contributed by atoms with Crippen LogP contribution in [0.3, 0.4) is 0 Å². The summed E-state index contributed by atoms with van der Waals surface area (Å²) >= 11 is 0. The molecule has 1 aromatic heterocycles. The van der Waals surface area contributed by atoms with Crippen LogP contribution >= 0.6 is 0 Å². The zero-order chi connectivity index (χ0) is 22.0. The van der Waals surface area contributed by atoms with Gasteiger partial charge in [-0.15, -0.1) is 0 Å². The number of benzene rings is 1. The van der Waals surface area contributed by atoms with Crippen LogP contribution in [0.15, 0.2) is 23.1 Å². The van der Waals surface area contributed by atoms with Crippen molar-refractivity contribution in [2.45, 2.75) is 20.4 Å². The van der Waals surface area contributed by atoms with Gasteiger partial charge in [0, 0.05) is 57.1 Å². The van der Waals surface area contributed by atoms with Crippen LogP contribution in [0.1, 0.15) is 16.7 Å². The third-order valence-corrected chi connectivity index (χ3v) is 5.87. The Kier molecular flexibility index (Phi) is 6.36. The number of aromatic nitrogens is 1. The Morgan fingerprint density at radius 2 is 1.60 bits per heavy atom. The normalized spacial score (nSPS) is 14.6. The summed E-state index contributed by atoms with van der Waals surface area (Å²) in [5.41, 5.74) is 4.43. The van der Waals surface area contributed by atoms with E-state index in [2.05, 4.69) is 4.90 Å². The number of aryl methyl sites for hydroxylation is 1. The van der Waals surface area contributed by atoms with Gasteiger partial charge in [-0.25, -0.2) is 4.79 Å². The molecule has 1 aliphatic rings. The smallest absolute Gasteiger partial charge is 0.407 e. The van der Waals surface area contributed by atoms with E-state index in [1.165, 1.54) is 4.90 Å². The predicted molar refractivity (Wildman–Crippen MR) is 115 cm³/mol. The van der Waals surface area contributed by atoms with Gasteiger partial charge in [0.25, 0.3) is 5.56 Å². The van der Waals surface area contributed by atoms with Crippen molar-refractivity contribution in [1.82, 2.24) is 14.4 Å². The van der Waals surface area contributed by atoms with Gasteiger partial charge in [0.2, 0.25) is 0 Å². The largest absolute Gasteiger partial charge is 0.496 e. The highest BCUT2D eigenvalue weighted by atomic mass is 16.5. The van der Waals surface area contributed by atoms with Gasteiger partial charge in [-0.05, 0) is 37.1 Å². The van der Waals surface area contributed by atoms with Crippen LogP contribution in [0.2, 0.25) is 0 Å². The van der Waals surface area contributed by atoms with Gasteiger partial charge < -0.3 is 24.0 Å². The van der Waals surface area contributed by atoms with Gasteiger partial charge in [-0.3, -0.25) is 9.69 Å². The molecule has 0 radical (unpaired) electrons. The zero-order valence-corrected chi connectivity index (χ0v) is 18.2. The molecule has 1 saturated heterocycles. The lowest BCUT2D eigenvalue weighted by Crippen LogP contribution is -2.47. The van der Waals surface area contributed by atoms with Crippen LogP contribution in [0, 0.1) is 13.8 Å². The number of methoxy groups -OCH3 is 2. The van der Waals surface area contributed by atoms with Crippen molar-refractivity contribution in [3.05, 3.63) is 45.4 Å². The molecule has 0 aliphatic carbocycles. The molecule has 1 fully saturated rings. The van der Waals surface area contributed by atoms with Gasteiger partial charge >= 0.3 is 6.09 Å². The average molecular weight is 415 g/mol. The molecule has 8 nitrogen and oxygen atoms in total. The molecule has 0 unspecified atom stereocenters. The van der Waals surface area contributed by atoms with Crippen molar-refractivity contribution < 1.29 is 19.4 Å². The van der Waals surface area contributed by atoms with E-state index >= 15 is 0 Å². The van der Waals surface area contributed by atoms with Crippen LogP contribution in [-0.4, -0.2) is 66.0 Å². The van der Waals surface area contributed by atoms with Crippen LogP contribution in [0.25, 0.3) is 11.1 Å². The number of ether oxygens (including phenoxy) is 2. The van der Waals surface area contributed by atoms with Crippen molar-refractivity contribution in [2.24, 2.45) is 7.05 Å². The molecule has 0 saturated carbocycles. The first-order valence-corrected chi connectivity index (χ1v) is 9.89. The Hall–Kier alpha value is -3.00. The zero-order valence-electron chi connectivity index (χ0n) is 18.2. The maximum absolute atomic E-state index is 12.2. The molecule has 0 spiro atoms. The van der Waals surface area contributed by atoms with Gasteiger partial charge in [0.1, 0.15) is 11.5 Å². The molecule has 8 heteroatoms. The molecule has 1 N–H and O–H groups in total. The maximum Gasteiger partial charge on any atom is 0.407 e. The van der Waals surface area contributed by atoms with E-state index in [1.54, 1.807) is 25.8 Å². The summed E-state index contributed by atoms with van der Waals surface area (Å²) in [6, 6.07) is 3.94. The lowest BCUT2D eigenvalue weighted by atomic mass is 9.97. The van der Waals surface area contributed by atoms with E-state index in [4.69, 9.17) is 14.6 Å². The minimum absolute atomic E-state index is 0.00713. The third-order valence-electron chi connectivity index (χ3n) is 5.87. The van der Waals surface area contributed by atoms with Gasteiger partial charge in [0.05, 0.1) is 19.8 Å². The summed E-state index contributed by atoms with van der Waals surface area (Å²) in [6.07, 6.45) is 0.959. The SMILES string of the molecule is COc1cc(-c2cn(C)c(=O)c(C)c2C)cc(OC)c1CN1CCN(C(=O)O)CC1. The summed E-state index contributed by atoms with van der Waals surface area (Å²) in [4.78, 5) is 27.0. The second-order valence-electron chi connectivity index (χ2n) is 7.61. The number of amides is 1. The van der Waals surface area contributed by atoms with Gasteiger partial charge in [-0.1, -0.05) is 0 Å². The molecule has 0 atom stereocenters. The number of carbonyl (C=O) groups is 1. The second-order valence-corrected chi connectivity index (χ2v) is 7.61. The average Bonchev–Trinajstić information content (AvgIpc) is 2.75. The van der Waals surface area contributed by atoms with Crippen molar-refractivity contribution in [2.75, 3.05) is 40.4 Å². The van der Waals surface area contributed by atoms with Crippen molar-refractivity contribution in [3.8, 4) is 22.6 Å². The number of hydrogen-bond acceptors (Lipinski definition) is 5. The first kappa shape index (κ1) is 21.7. The minimum Gasteiger partial charge on any atom is -0.496 e. The van der Waals surface area contributed by atoms with Crippen LogP contribution in [0.4, 0.5) is 4.79 Å².